The lowest BCUT2D eigenvalue weighted by Gasteiger charge is -2.12. The average Bonchev–Trinajstić information content (AvgIpc) is 2.64. The van der Waals surface area contributed by atoms with E-state index in [0.717, 1.165) is 18.5 Å². The molecule has 1 N–H and O–H groups in total. The average molecular weight is 250 g/mol. The van der Waals surface area contributed by atoms with Crippen LogP contribution in [0.2, 0.25) is 0 Å². The molecule has 2 atom stereocenters. The lowest BCUT2D eigenvalue weighted by molar-refractivity contribution is 0.102. The first-order valence-electron chi connectivity index (χ1n) is 5.24. The normalized spacial score (nSPS) is 24.9. The Bertz CT molecular complexity index is 126. The van der Waals surface area contributed by atoms with Gasteiger partial charge in [0.05, 0.1) is 6.10 Å². The van der Waals surface area contributed by atoms with Crippen molar-refractivity contribution in [3.05, 3.63) is 0 Å². The summed E-state index contributed by atoms with van der Waals surface area (Å²) in [6.07, 6.45) is 5.55. The minimum Gasteiger partial charge on any atom is -0.378 e. The molecule has 2 unspecified atom stereocenters. The SMILES string of the molecule is CC(CBr)NCCCC1CCCO1. The molecule has 0 amide bonds. The van der Waals surface area contributed by atoms with Crippen LogP contribution >= 0.6 is 15.9 Å². The van der Waals surface area contributed by atoms with Crippen molar-refractivity contribution in [1.29, 1.82) is 0 Å². The van der Waals surface area contributed by atoms with Crippen molar-refractivity contribution >= 4 is 15.9 Å². The molecule has 1 saturated heterocycles. The van der Waals surface area contributed by atoms with Gasteiger partial charge in [0.15, 0.2) is 0 Å². The van der Waals surface area contributed by atoms with Crippen LogP contribution in [0.1, 0.15) is 32.6 Å². The predicted octanol–water partition coefficient (Wildman–Crippen LogP) is 2.32. The van der Waals surface area contributed by atoms with Crippen molar-refractivity contribution in [2.45, 2.75) is 44.8 Å². The Kier molecular flexibility index (Phi) is 6.00. The van der Waals surface area contributed by atoms with Gasteiger partial charge in [0.1, 0.15) is 0 Å². The number of nitrogens with one attached hydrogen (secondary N) is 1. The van der Waals surface area contributed by atoms with E-state index in [9.17, 15) is 0 Å². The van der Waals surface area contributed by atoms with Gasteiger partial charge in [-0.3, -0.25) is 0 Å². The topological polar surface area (TPSA) is 21.3 Å². The maximum Gasteiger partial charge on any atom is 0.0576 e. The second-order valence-corrected chi connectivity index (χ2v) is 4.43. The molecule has 0 aromatic carbocycles. The number of hydrogen-bond donors (Lipinski definition) is 1. The summed E-state index contributed by atoms with van der Waals surface area (Å²) >= 11 is 3.45. The first-order valence-corrected chi connectivity index (χ1v) is 6.36. The zero-order valence-electron chi connectivity index (χ0n) is 8.39. The third-order valence-electron chi connectivity index (χ3n) is 2.45. The van der Waals surface area contributed by atoms with Crippen molar-refractivity contribution in [2.75, 3.05) is 18.5 Å². The van der Waals surface area contributed by atoms with E-state index in [-0.39, 0.29) is 0 Å². The molecule has 0 bridgehead atoms. The van der Waals surface area contributed by atoms with Crippen LogP contribution in [0.25, 0.3) is 0 Å². The Morgan fingerprint density at radius 2 is 2.46 bits per heavy atom. The summed E-state index contributed by atoms with van der Waals surface area (Å²) in [7, 11) is 0. The van der Waals surface area contributed by atoms with Crippen molar-refractivity contribution in [2.24, 2.45) is 0 Å². The summed E-state index contributed by atoms with van der Waals surface area (Å²) in [6.45, 7) is 4.29. The lowest BCUT2D eigenvalue weighted by Crippen LogP contribution is -2.28. The summed E-state index contributed by atoms with van der Waals surface area (Å²) in [4.78, 5) is 0. The molecule has 0 aromatic rings. The number of rotatable bonds is 6. The molecular formula is C10H20BrNO. The molecule has 1 fully saturated rings. The molecule has 2 nitrogen and oxygen atoms in total. The second-order valence-electron chi connectivity index (χ2n) is 3.79. The first kappa shape index (κ1) is 11.5. The maximum absolute atomic E-state index is 5.55. The highest BCUT2D eigenvalue weighted by molar-refractivity contribution is 9.09. The Morgan fingerprint density at radius 1 is 1.62 bits per heavy atom. The molecule has 0 radical (unpaired) electrons. The summed E-state index contributed by atoms with van der Waals surface area (Å²) in [5, 5.41) is 4.49. The summed E-state index contributed by atoms with van der Waals surface area (Å²) < 4.78 is 5.55. The molecule has 0 saturated carbocycles. The van der Waals surface area contributed by atoms with Gasteiger partial charge < -0.3 is 10.1 Å². The minimum absolute atomic E-state index is 0.557. The fraction of sp³-hybridized carbons (Fsp3) is 1.00. The molecule has 1 heterocycles. The highest BCUT2D eigenvalue weighted by Crippen LogP contribution is 2.16. The van der Waals surface area contributed by atoms with E-state index in [1.54, 1.807) is 0 Å². The van der Waals surface area contributed by atoms with Gasteiger partial charge >= 0.3 is 0 Å². The Balaban J connectivity index is 1.88. The van der Waals surface area contributed by atoms with Crippen LogP contribution in [0.15, 0.2) is 0 Å². The van der Waals surface area contributed by atoms with Crippen molar-refractivity contribution in [1.82, 2.24) is 5.32 Å². The smallest absolute Gasteiger partial charge is 0.0576 e. The lowest BCUT2D eigenvalue weighted by atomic mass is 10.1. The molecular weight excluding hydrogens is 230 g/mol. The highest BCUT2D eigenvalue weighted by atomic mass is 79.9. The fourth-order valence-corrected chi connectivity index (χ4v) is 1.83. The standard InChI is InChI=1S/C10H20BrNO/c1-9(8-11)12-6-2-4-10-5-3-7-13-10/h9-10,12H,2-8H2,1H3. The third kappa shape index (κ3) is 4.99. The predicted molar refractivity (Wildman–Crippen MR) is 59.5 cm³/mol. The van der Waals surface area contributed by atoms with Crippen molar-refractivity contribution < 1.29 is 4.74 Å². The second kappa shape index (κ2) is 6.80. The molecule has 13 heavy (non-hydrogen) atoms. The van der Waals surface area contributed by atoms with Gasteiger partial charge in [-0.05, 0) is 39.2 Å². The van der Waals surface area contributed by atoms with E-state index < -0.39 is 0 Å². The summed E-state index contributed by atoms with van der Waals surface area (Å²) in [5.41, 5.74) is 0. The van der Waals surface area contributed by atoms with Gasteiger partial charge in [-0.15, -0.1) is 0 Å². The first-order chi connectivity index (χ1) is 6.33. The Labute approximate surface area is 89.5 Å². The maximum atomic E-state index is 5.55. The van der Waals surface area contributed by atoms with E-state index in [1.165, 1.54) is 25.7 Å². The highest BCUT2D eigenvalue weighted by Gasteiger charge is 2.14. The zero-order chi connectivity index (χ0) is 9.52. The molecule has 78 valence electrons. The van der Waals surface area contributed by atoms with Gasteiger partial charge in [0.25, 0.3) is 0 Å². The molecule has 1 aliphatic heterocycles. The van der Waals surface area contributed by atoms with E-state index in [2.05, 4.69) is 28.2 Å². The van der Waals surface area contributed by atoms with Gasteiger partial charge in [0, 0.05) is 18.0 Å². The number of halogens is 1. The van der Waals surface area contributed by atoms with Gasteiger partial charge in [-0.25, -0.2) is 0 Å². The molecule has 1 aliphatic rings. The van der Waals surface area contributed by atoms with Crippen LogP contribution in [0.5, 0.6) is 0 Å². The zero-order valence-corrected chi connectivity index (χ0v) is 9.98. The molecule has 0 aromatic heterocycles. The molecule has 0 aliphatic carbocycles. The van der Waals surface area contributed by atoms with Crippen LogP contribution in [0, 0.1) is 0 Å². The van der Waals surface area contributed by atoms with E-state index in [0.29, 0.717) is 12.1 Å². The van der Waals surface area contributed by atoms with E-state index >= 15 is 0 Å². The van der Waals surface area contributed by atoms with E-state index in [1.807, 2.05) is 0 Å². The van der Waals surface area contributed by atoms with Gasteiger partial charge in [0.2, 0.25) is 0 Å². The monoisotopic (exact) mass is 249 g/mol. The fourth-order valence-electron chi connectivity index (χ4n) is 1.60. The number of hydrogen-bond acceptors (Lipinski definition) is 2. The number of alkyl halides is 1. The third-order valence-corrected chi connectivity index (χ3v) is 3.42. The molecule has 3 heteroatoms. The molecule has 1 rings (SSSR count). The van der Waals surface area contributed by atoms with Crippen LogP contribution < -0.4 is 5.32 Å². The van der Waals surface area contributed by atoms with Crippen LogP contribution in [0.3, 0.4) is 0 Å². The quantitative estimate of drug-likeness (QED) is 0.577. The van der Waals surface area contributed by atoms with Gasteiger partial charge in [-0.2, -0.15) is 0 Å². The Morgan fingerprint density at radius 3 is 3.08 bits per heavy atom. The molecule has 0 spiro atoms. The summed E-state index contributed by atoms with van der Waals surface area (Å²) in [6, 6.07) is 0.587. The largest absolute Gasteiger partial charge is 0.378 e. The summed E-state index contributed by atoms with van der Waals surface area (Å²) in [5.74, 6) is 0. The minimum atomic E-state index is 0.557. The van der Waals surface area contributed by atoms with Gasteiger partial charge in [-0.1, -0.05) is 15.9 Å². The van der Waals surface area contributed by atoms with Crippen LogP contribution in [-0.2, 0) is 4.74 Å². The van der Waals surface area contributed by atoms with E-state index in [4.69, 9.17) is 4.74 Å². The Hall–Kier alpha value is 0.400. The van der Waals surface area contributed by atoms with Crippen molar-refractivity contribution in [3.8, 4) is 0 Å². The van der Waals surface area contributed by atoms with Crippen LogP contribution in [0.4, 0.5) is 0 Å². The van der Waals surface area contributed by atoms with Crippen LogP contribution in [-0.4, -0.2) is 30.6 Å². The van der Waals surface area contributed by atoms with Crippen molar-refractivity contribution in [3.63, 3.8) is 0 Å². The number of ether oxygens (including phenoxy) is 1.